The lowest BCUT2D eigenvalue weighted by atomic mass is 9.95. The van der Waals surface area contributed by atoms with Crippen molar-refractivity contribution in [1.82, 2.24) is 20.6 Å². The van der Waals surface area contributed by atoms with E-state index < -0.39 is 29.9 Å². The maximum Gasteiger partial charge on any atom is 0.326 e. The normalized spacial score (nSPS) is 12.1. The maximum atomic E-state index is 13.7. The second kappa shape index (κ2) is 21.7. The number of unbranched alkanes of at least 4 members (excludes halogenated alkanes) is 4. The zero-order valence-corrected chi connectivity index (χ0v) is 34.3. The number of amides is 2. The number of carbonyl (C=O) groups is 3. The van der Waals surface area contributed by atoms with Gasteiger partial charge in [-0.05, 0) is 52.8 Å². The van der Waals surface area contributed by atoms with Crippen LogP contribution in [0.4, 0.5) is 0 Å². The van der Waals surface area contributed by atoms with Gasteiger partial charge in [0.25, 0.3) is 5.91 Å². The number of rotatable bonds is 18. The summed E-state index contributed by atoms with van der Waals surface area (Å²) in [6, 6.07) is 26.0. The van der Waals surface area contributed by atoms with Crippen molar-refractivity contribution in [2.45, 2.75) is 104 Å². The zero-order valence-electron chi connectivity index (χ0n) is 33.5. The Morgan fingerprint density at radius 1 is 0.714 bits per heavy atom. The minimum absolute atomic E-state index is 0.106. The molecule has 2 atom stereocenters. The molecule has 0 fully saturated rings. The first-order valence-corrected chi connectivity index (χ1v) is 20.4. The summed E-state index contributed by atoms with van der Waals surface area (Å²) < 4.78 is 5.90. The molecule has 0 aliphatic carbocycles. The van der Waals surface area contributed by atoms with E-state index in [-0.39, 0.29) is 18.3 Å². The Bertz CT molecular complexity index is 1950. The molecular formula is C46H56N4O5S. The highest BCUT2D eigenvalue weighted by Crippen LogP contribution is 2.30. The molecule has 5 rings (SSSR count). The molecule has 0 bridgehead atoms. The molecule has 0 aliphatic rings. The van der Waals surface area contributed by atoms with Crippen LogP contribution in [0, 0.1) is 0 Å². The van der Waals surface area contributed by atoms with Crippen molar-refractivity contribution in [3.63, 3.8) is 0 Å². The zero-order chi connectivity index (χ0) is 40.5. The van der Waals surface area contributed by atoms with Crippen LogP contribution in [0.5, 0.6) is 5.75 Å². The van der Waals surface area contributed by atoms with Gasteiger partial charge in [-0.25, -0.2) is 14.8 Å². The van der Waals surface area contributed by atoms with Gasteiger partial charge >= 0.3 is 5.97 Å². The van der Waals surface area contributed by atoms with Crippen LogP contribution < -0.4 is 15.4 Å². The van der Waals surface area contributed by atoms with E-state index in [4.69, 9.17) is 4.74 Å². The molecule has 5 aromatic rings. The topological polar surface area (TPSA) is 131 Å². The Labute approximate surface area is 336 Å². The minimum Gasteiger partial charge on any atom is -0.494 e. The van der Waals surface area contributed by atoms with Crippen LogP contribution in [-0.4, -0.2) is 51.5 Å². The van der Waals surface area contributed by atoms with Gasteiger partial charge in [0, 0.05) is 41.2 Å². The van der Waals surface area contributed by atoms with Crippen LogP contribution in [0.1, 0.15) is 99.3 Å². The summed E-state index contributed by atoms with van der Waals surface area (Å²) in [4.78, 5) is 50.1. The van der Waals surface area contributed by atoms with Crippen LogP contribution in [0.15, 0.2) is 103 Å². The number of ether oxygens (including phenoxy) is 1. The lowest BCUT2D eigenvalue weighted by Gasteiger charge is -2.22. The van der Waals surface area contributed by atoms with E-state index in [1.165, 1.54) is 37.0 Å². The molecule has 0 saturated heterocycles. The first kappa shape index (κ1) is 43.4. The summed E-state index contributed by atoms with van der Waals surface area (Å²) in [5.74, 6) is -0.732. The van der Waals surface area contributed by atoms with Gasteiger partial charge in [-0.15, -0.1) is 11.3 Å². The van der Waals surface area contributed by atoms with Gasteiger partial charge < -0.3 is 20.5 Å². The molecule has 3 N–H and O–H groups in total. The molecule has 2 unspecified atom stereocenters. The predicted molar refractivity (Wildman–Crippen MR) is 226 cm³/mol. The number of aromatic nitrogens is 2. The Balaban J connectivity index is 0.00000342. The summed E-state index contributed by atoms with van der Waals surface area (Å²) in [5.41, 5.74) is 4.08. The Hall–Kier alpha value is -5.35. The van der Waals surface area contributed by atoms with Crippen LogP contribution in [-0.2, 0) is 27.8 Å². The van der Waals surface area contributed by atoms with Gasteiger partial charge in [0.15, 0.2) is 5.82 Å². The van der Waals surface area contributed by atoms with Gasteiger partial charge in [0.05, 0.1) is 11.5 Å². The Kier molecular flexibility index (Phi) is 16.8. The van der Waals surface area contributed by atoms with Crippen molar-refractivity contribution < 1.29 is 24.2 Å². The largest absolute Gasteiger partial charge is 0.494 e. The standard InChI is InChI=1S/C44H50N4O5S.C2H6/c1-5-6-7-8-12-25-53-35-21-19-32(20-22-35)34-28-45-40(46-29-34)33-17-15-31(16-18-33)26-36(47-42(50)38-23-24-39(54-38)44(2,3)4)41(49)48-37(43(51)52)27-30-13-10-9-11-14-30;1-2/h9-11,13-24,28-29,36-37H,5-8,12,25-27H2,1-4H3,(H,47,50)(H,48,49)(H,51,52);1-2H3. The number of nitrogens with one attached hydrogen (secondary N) is 2. The average molecular weight is 777 g/mol. The number of carbonyl (C=O) groups excluding carboxylic acids is 2. The number of carboxylic acids is 1. The van der Waals surface area contributed by atoms with Gasteiger partial charge in [-0.2, -0.15) is 0 Å². The Morgan fingerprint density at radius 2 is 1.32 bits per heavy atom. The molecule has 2 aromatic heterocycles. The molecule has 10 heteroatoms. The summed E-state index contributed by atoms with van der Waals surface area (Å²) in [6.07, 6.45) is 9.83. The van der Waals surface area contributed by atoms with Gasteiger partial charge in [0.2, 0.25) is 5.91 Å². The molecule has 56 heavy (non-hydrogen) atoms. The SMILES string of the molecule is CC.CCCCCCCOc1ccc(-c2cnc(-c3ccc(CC(NC(=O)c4ccc(C(C)(C)C)s4)C(=O)NC(Cc4ccccc4)C(=O)O)cc3)nc2)cc1. The molecule has 0 spiro atoms. The van der Waals surface area contributed by atoms with E-state index in [0.29, 0.717) is 10.7 Å². The van der Waals surface area contributed by atoms with E-state index in [1.54, 1.807) is 18.5 Å². The first-order valence-electron chi connectivity index (χ1n) is 19.6. The van der Waals surface area contributed by atoms with E-state index in [1.807, 2.05) is 98.8 Å². The maximum absolute atomic E-state index is 13.7. The van der Waals surface area contributed by atoms with Crippen molar-refractivity contribution in [2.24, 2.45) is 0 Å². The second-order valence-electron chi connectivity index (χ2n) is 14.5. The quantitative estimate of drug-likeness (QED) is 0.0756. The van der Waals surface area contributed by atoms with Crippen molar-refractivity contribution >= 4 is 29.1 Å². The van der Waals surface area contributed by atoms with Crippen LogP contribution in [0.2, 0.25) is 0 Å². The van der Waals surface area contributed by atoms with Crippen LogP contribution in [0.3, 0.4) is 0 Å². The highest BCUT2D eigenvalue weighted by atomic mass is 32.1. The number of benzene rings is 3. The van der Waals surface area contributed by atoms with E-state index in [0.717, 1.165) is 51.5 Å². The van der Waals surface area contributed by atoms with E-state index in [9.17, 15) is 19.5 Å². The second-order valence-corrected chi connectivity index (χ2v) is 15.6. The minimum atomic E-state index is -1.17. The van der Waals surface area contributed by atoms with Crippen molar-refractivity contribution in [1.29, 1.82) is 0 Å². The lowest BCUT2D eigenvalue weighted by Crippen LogP contribution is -2.53. The third-order valence-electron chi connectivity index (χ3n) is 9.10. The molecule has 3 aromatic carbocycles. The molecule has 9 nitrogen and oxygen atoms in total. The molecule has 0 radical (unpaired) electrons. The summed E-state index contributed by atoms with van der Waals surface area (Å²) >= 11 is 1.38. The van der Waals surface area contributed by atoms with Crippen LogP contribution >= 0.6 is 11.3 Å². The summed E-state index contributed by atoms with van der Waals surface area (Å²) in [5, 5.41) is 15.5. The van der Waals surface area contributed by atoms with Gasteiger partial charge in [-0.3, -0.25) is 9.59 Å². The van der Waals surface area contributed by atoms with Crippen LogP contribution in [0.25, 0.3) is 22.5 Å². The highest BCUT2D eigenvalue weighted by Gasteiger charge is 2.28. The third kappa shape index (κ3) is 13.2. The Morgan fingerprint density at radius 3 is 1.93 bits per heavy atom. The molecule has 2 heterocycles. The van der Waals surface area contributed by atoms with Crippen molar-refractivity contribution in [2.75, 3.05) is 6.61 Å². The number of nitrogens with zero attached hydrogens (tertiary/aromatic N) is 2. The average Bonchev–Trinajstić information content (AvgIpc) is 3.73. The summed E-state index contributed by atoms with van der Waals surface area (Å²) in [6.45, 7) is 13.2. The number of thiophene rings is 1. The smallest absolute Gasteiger partial charge is 0.326 e. The molecule has 0 saturated carbocycles. The lowest BCUT2D eigenvalue weighted by molar-refractivity contribution is -0.142. The first-order chi connectivity index (χ1) is 27.0. The molecular weight excluding hydrogens is 721 g/mol. The fourth-order valence-corrected chi connectivity index (χ4v) is 6.88. The molecule has 0 aliphatic heterocycles. The summed E-state index contributed by atoms with van der Waals surface area (Å²) in [7, 11) is 0. The molecule has 296 valence electrons. The molecule has 2 amide bonds. The third-order valence-corrected chi connectivity index (χ3v) is 10.6. The van der Waals surface area contributed by atoms with Crippen molar-refractivity contribution in [3.8, 4) is 28.3 Å². The van der Waals surface area contributed by atoms with E-state index in [2.05, 4.69) is 48.3 Å². The number of aliphatic carboxylic acids is 1. The fraction of sp³-hybridized carbons (Fsp3) is 0.370. The predicted octanol–water partition coefficient (Wildman–Crippen LogP) is 9.70. The number of hydrogen-bond donors (Lipinski definition) is 3. The number of hydrogen-bond acceptors (Lipinski definition) is 7. The number of carboxylic acid groups (broad SMARTS) is 1. The van der Waals surface area contributed by atoms with Gasteiger partial charge in [-0.1, -0.05) is 134 Å². The fourth-order valence-electron chi connectivity index (χ4n) is 5.91. The van der Waals surface area contributed by atoms with Gasteiger partial charge in [0.1, 0.15) is 17.8 Å². The van der Waals surface area contributed by atoms with E-state index >= 15 is 0 Å². The highest BCUT2D eigenvalue weighted by molar-refractivity contribution is 7.14. The monoisotopic (exact) mass is 776 g/mol. The van der Waals surface area contributed by atoms with Crippen molar-refractivity contribution in [3.05, 3.63) is 124 Å².